The van der Waals surface area contributed by atoms with Gasteiger partial charge in [0.05, 0.1) is 0 Å². The monoisotopic (exact) mass is 274 g/mol. The van der Waals surface area contributed by atoms with Gasteiger partial charge in [-0.2, -0.15) is 0 Å². The lowest BCUT2D eigenvalue weighted by atomic mass is 10.1. The van der Waals surface area contributed by atoms with E-state index >= 15 is 0 Å². The van der Waals surface area contributed by atoms with Gasteiger partial charge in [0.2, 0.25) is 5.91 Å². The Hall–Kier alpha value is -2.63. The van der Waals surface area contributed by atoms with Crippen LogP contribution < -0.4 is 10.9 Å². The topological polar surface area (TPSA) is 95.5 Å². The minimum absolute atomic E-state index is 0.152. The number of hydrazine groups is 1. The minimum atomic E-state index is -1.22. The van der Waals surface area contributed by atoms with Crippen molar-refractivity contribution < 1.29 is 19.5 Å². The smallest absolute Gasteiger partial charge is 0.328 e. The molecular weight excluding hydrogens is 260 g/mol. The van der Waals surface area contributed by atoms with Crippen molar-refractivity contribution in [1.29, 1.82) is 0 Å². The second-order valence-electron chi connectivity index (χ2n) is 4.51. The van der Waals surface area contributed by atoms with Gasteiger partial charge in [0, 0.05) is 18.1 Å². The number of nitrogens with one attached hydrogen (secondary N) is 2. The first-order valence-corrected chi connectivity index (χ1v) is 6.13. The number of carbonyl (C=O) groups excluding carboxylic acids is 2. The van der Waals surface area contributed by atoms with Crippen LogP contribution in [0.15, 0.2) is 42.5 Å². The maximum absolute atomic E-state index is 11.8. The molecule has 3 N–H and O–H groups in total. The highest BCUT2D eigenvalue weighted by atomic mass is 16.4. The fourth-order valence-corrected chi connectivity index (χ4v) is 1.96. The Morgan fingerprint density at radius 3 is 2.45 bits per heavy atom. The van der Waals surface area contributed by atoms with E-state index in [9.17, 15) is 14.4 Å². The van der Waals surface area contributed by atoms with E-state index in [1.807, 2.05) is 30.3 Å². The van der Waals surface area contributed by atoms with Gasteiger partial charge in [-0.1, -0.05) is 30.3 Å². The first-order valence-electron chi connectivity index (χ1n) is 6.13. The van der Waals surface area contributed by atoms with E-state index in [0.717, 1.165) is 18.1 Å². The molecule has 1 aliphatic carbocycles. The average Bonchev–Trinajstić information content (AvgIpc) is 3.24. The van der Waals surface area contributed by atoms with Crippen LogP contribution in [0.3, 0.4) is 0 Å². The van der Waals surface area contributed by atoms with Crippen LogP contribution in [0.4, 0.5) is 0 Å². The second-order valence-corrected chi connectivity index (χ2v) is 4.51. The third kappa shape index (κ3) is 3.68. The Morgan fingerprint density at radius 2 is 1.80 bits per heavy atom. The van der Waals surface area contributed by atoms with E-state index in [4.69, 9.17) is 5.11 Å². The van der Waals surface area contributed by atoms with E-state index in [1.165, 1.54) is 0 Å². The molecule has 1 aromatic rings. The largest absolute Gasteiger partial charge is 0.478 e. The van der Waals surface area contributed by atoms with Gasteiger partial charge in [0.1, 0.15) is 0 Å². The summed E-state index contributed by atoms with van der Waals surface area (Å²) in [4.78, 5) is 33.1. The predicted molar refractivity (Wildman–Crippen MR) is 70.4 cm³/mol. The standard InChI is InChI=1S/C14H14N2O4/c17-12(6-7-13(18)19)15-16-14(20)11-8-10(11)9-4-2-1-3-5-9/h1-7,10-11H,8H2,(H,15,17)(H,16,20)(H,18,19)/t10-,11-/m0/s1. The Kier molecular flexibility index (Phi) is 4.14. The molecule has 2 rings (SSSR count). The van der Waals surface area contributed by atoms with Gasteiger partial charge in [-0.15, -0.1) is 0 Å². The van der Waals surface area contributed by atoms with Crippen LogP contribution in [0.1, 0.15) is 17.9 Å². The van der Waals surface area contributed by atoms with Crippen LogP contribution in [0.5, 0.6) is 0 Å². The lowest BCUT2D eigenvalue weighted by molar-refractivity contribution is -0.131. The highest BCUT2D eigenvalue weighted by molar-refractivity contribution is 5.95. The second kappa shape index (κ2) is 6.01. The van der Waals surface area contributed by atoms with Gasteiger partial charge >= 0.3 is 5.97 Å². The molecule has 1 aliphatic rings. The number of carboxylic acids is 1. The summed E-state index contributed by atoms with van der Waals surface area (Å²) in [5.41, 5.74) is 5.53. The normalized spacial score (nSPS) is 20.4. The highest BCUT2D eigenvalue weighted by Gasteiger charge is 2.43. The van der Waals surface area contributed by atoms with E-state index < -0.39 is 11.9 Å². The number of rotatable bonds is 4. The number of benzene rings is 1. The molecule has 0 aliphatic heterocycles. The van der Waals surface area contributed by atoms with Gasteiger partial charge < -0.3 is 5.11 Å². The van der Waals surface area contributed by atoms with E-state index in [1.54, 1.807) is 0 Å². The van der Waals surface area contributed by atoms with Crippen molar-refractivity contribution in [1.82, 2.24) is 10.9 Å². The van der Waals surface area contributed by atoms with Gasteiger partial charge in [-0.25, -0.2) is 4.79 Å². The van der Waals surface area contributed by atoms with Crippen molar-refractivity contribution in [3.63, 3.8) is 0 Å². The van der Waals surface area contributed by atoms with Gasteiger partial charge in [0.15, 0.2) is 0 Å². The molecular formula is C14H14N2O4. The van der Waals surface area contributed by atoms with Gasteiger partial charge in [-0.05, 0) is 17.9 Å². The third-order valence-electron chi connectivity index (χ3n) is 3.04. The van der Waals surface area contributed by atoms with Crippen LogP contribution in [0.25, 0.3) is 0 Å². The summed E-state index contributed by atoms with van der Waals surface area (Å²) in [5, 5.41) is 8.34. The Bertz CT molecular complexity index is 554. The number of carbonyl (C=O) groups is 3. The Morgan fingerprint density at radius 1 is 1.10 bits per heavy atom. The van der Waals surface area contributed by atoms with Crippen LogP contribution in [-0.2, 0) is 14.4 Å². The molecule has 6 nitrogen and oxygen atoms in total. The maximum atomic E-state index is 11.8. The van der Waals surface area contributed by atoms with Crippen molar-refractivity contribution >= 4 is 17.8 Å². The molecule has 0 bridgehead atoms. The number of amides is 2. The zero-order valence-corrected chi connectivity index (χ0v) is 10.6. The molecule has 104 valence electrons. The number of carboxylic acid groups (broad SMARTS) is 1. The SMILES string of the molecule is O=C(O)C=CC(=O)NNC(=O)[C@H]1C[C@H]1c1ccccc1. The molecule has 20 heavy (non-hydrogen) atoms. The molecule has 2 atom stereocenters. The van der Waals surface area contributed by atoms with Crippen molar-refractivity contribution in [3.05, 3.63) is 48.0 Å². The summed E-state index contributed by atoms with van der Waals surface area (Å²) in [6.07, 6.45) is 2.28. The van der Waals surface area contributed by atoms with Crippen LogP contribution in [-0.4, -0.2) is 22.9 Å². The highest BCUT2D eigenvalue weighted by Crippen LogP contribution is 2.47. The zero-order valence-electron chi connectivity index (χ0n) is 10.6. The third-order valence-corrected chi connectivity index (χ3v) is 3.04. The summed E-state index contributed by atoms with van der Waals surface area (Å²) in [7, 11) is 0. The fourth-order valence-electron chi connectivity index (χ4n) is 1.96. The lowest BCUT2D eigenvalue weighted by Crippen LogP contribution is -2.41. The van der Waals surface area contributed by atoms with Crippen LogP contribution in [0, 0.1) is 5.92 Å². The molecule has 0 unspecified atom stereocenters. The molecule has 0 saturated heterocycles. The lowest BCUT2D eigenvalue weighted by Gasteiger charge is -2.04. The fraction of sp³-hybridized carbons (Fsp3) is 0.214. The molecule has 0 radical (unpaired) electrons. The van der Waals surface area contributed by atoms with Crippen molar-refractivity contribution in [2.75, 3.05) is 0 Å². The Labute approximate surface area is 115 Å². The first-order chi connectivity index (χ1) is 9.58. The Balaban J connectivity index is 1.77. The van der Waals surface area contributed by atoms with Crippen molar-refractivity contribution in [3.8, 4) is 0 Å². The summed E-state index contributed by atoms with van der Waals surface area (Å²) >= 11 is 0. The quantitative estimate of drug-likeness (QED) is 0.553. The zero-order chi connectivity index (χ0) is 14.5. The average molecular weight is 274 g/mol. The number of hydrogen-bond donors (Lipinski definition) is 3. The summed E-state index contributed by atoms with van der Waals surface area (Å²) < 4.78 is 0. The molecule has 1 fully saturated rings. The van der Waals surface area contributed by atoms with Gasteiger partial charge in [-0.3, -0.25) is 20.4 Å². The summed E-state index contributed by atoms with van der Waals surface area (Å²) in [6, 6.07) is 9.68. The van der Waals surface area contributed by atoms with E-state index in [0.29, 0.717) is 6.08 Å². The number of aliphatic carboxylic acids is 1. The first kappa shape index (κ1) is 13.8. The van der Waals surface area contributed by atoms with Gasteiger partial charge in [0.25, 0.3) is 5.91 Å². The minimum Gasteiger partial charge on any atom is -0.478 e. The maximum Gasteiger partial charge on any atom is 0.328 e. The predicted octanol–water partition coefficient (Wildman–Crippen LogP) is 0.578. The molecule has 0 heterocycles. The van der Waals surface area contributed by atoms with E-state index in [2.05, 4.69) is 10.9 Å². The summed E-state index contributed by atoms with van der Waals surface area (Å²) in [6.45, 7) is 0. The van der Waals surface area contributed by atoms with Crippen molar-refractivity contribution in [2.45, 2.75) is 12.3 Å². The molecule has 1 saturated carbocycles. The summed E-state index contributed by atoms with van der Waals surface area (Å²) in [5.74, 6) is -2.14. The molecule has 0 spiro atoms. The van der Waals surface area contributed by atoms with Crippen LogP contribution >= 0.6 is 0 Å². The molecule has 6 heteroatoms. The van der Waals surface area contributed by atoms with E-state index in [-0.39, 0.29) is 17.7 Å². The van der Waals surface area contributed by atoms with Crippen LogP contribution in [0.2, 0.25) is 0 Å². The van der Waals surface area contributed by atoms with Crippen molar-refractivity contribution in [2.24, 2.45) is 5.92 Å². The number of hydrogen-bond acceptors (Lipinski definition) is 3. The molecule has 0 aromatic heterocycles. The molecule has 1 aromatic carbocycles. The molecule has 2 amide bonds.